The Hall–Kier alpha value is -2.08. The van der Waals surface area contributed by atoms with Crippen molar-refractivity contribution in [3.63, 3.8) is 0 Å². The summed E-state index contributed by atoms with van der Waals surface area (Å²) in [6, 6.07) is 8.51. The largest absolute Gasteiger partial charge is 0.382 e. The van der Waals surface area contributed by atoms with Gasteiger partial charge in [-0.15, -0.1) is 0 Å². The molecule has 1 fully saturated rings. The Labute approximate surface area is 155 Å². The van der Waals surface area contributed by atoms with E-state index in [0.29, 0.717) is 25.8 Å². The third-order valence-corrected chi connectivity index (χ3v) is 5.11. The molecule has 0 aliphatic carbocycles. The van der Waals surface area contributed by atoms with Crippen molar-refractivity contribution in [2.75, 3.05) is 42.6 Å². The van der Waals surface area contributed by atoms with Gasteiger partial charge in [-0.1, -0.05) is 12.1 Å². The molecule has 3 rings (SSSR count). The van der Waals surface area contributed by atoms with E-state index in [-0.39, 0.29) is 24.7 Å². The predicted molar refractivity (Wildman–Crippen MR) is 103 cm³/mol. The second kappa shape index (κ2) is 9.03. The first-order chi connectivity index (χ1) is 12.7. The number of benzene rings is 1. The van der Waals surface area contributed by atoms with Crippen LogP contribution >= 0.6 is 0 Å². The van der Waals surface area contributed by atoms with Crippen LogP contribution in [0.15, 0.2) is 24.3 Å². The van der Waals surface area contributed by atoms with E-state index in [9.17, 15) is 9.59 Å². The second-order valence-corrected chi connectivity index (χ2v) is 6.88. The molecule has 2 amide bonds. The summed E-state index contributed by atoms with van der Waals surface area (Å²) in [7, 11) is 0. The third-order valence-electron chi connectivity index (χ3n) is 5.11. The predicted octanol–water partition coefficient (Wildman–Crippen LogP) is 2.33. The Morgan fingerprint density at radius 1 is 1.23 bits per heavy atom. The Morgan fingerprint density at radius 2 is 2.04 bits per heavy atom. The number of carbonyl (C=O) groups excluding carboxylic acids is 2. The Morgan fingerprint density at radius 3 is 2.85 bits per heavy atom. The van der Waals surface area contributed by atoms with E-state index in [0.717, 1.165) is 37.3 Å². The number of nitrogens with one attached hydrogen (secondary N) is 1. The van der Waals surface area contributed by atoms with E-state index in [4.69, 9.17) is 4.74 Å². The van der Waals surface area contributed by atoms with Gasteiger partial charge in [0.2, 0.25) is 11.8 Å². The van der Waals surface area contributed by atoms with Crippen LogP contribution in [0, 0.1) is 0 Å². The van der Waals surface area contributed by atoms with Crippen molar-refractivity contribution >= 4 is 23.2 Å². The van der Waals surface area contributed by atoms with Crippen LogP contribution in [0.1, 0.15) is 39.0 Å². The first-order valence-electron chi connectivity index (χ1n) is 9.71. The molecule has 2 aliphatic rings. The van der Waals surface area contributed by atoms with Crippen LogP contribution < -0.4 is 15.1 Å². The lowest BCUT2D eigenvalue weighted by Gasteiger charge is -2.40. The highest BCUT2D eigenvalue weighted by Gasteiger charge is 2.35. The average molecular weight is 359 g/mol. The number of carbonyl (C=O) groups is 2. The Kier molecular flexibility index (Phi) is 6.50. The number of para-hydroxylation sites is 2. The smallest absolute Gasteiger partial charge is 0.227 e. The summed E-state index contributed by atoms with van der Waals surface area (Å²) in [6.45, 7) is 5.68. The van der Waals surface area contributed by atoms with Crippen molar-refractivity contribution < 1.29 is 14.3 Å². The van der Waals surface area contributed by atoms with Crippen LogP contribution in [-0.4, -0.2) is 50.7 Å². The molecule has 1 atom stereocenters. The fraction of sp³-hybridized carbons (Fsp3) is 0.600. The molecule has 0 spiro atoms. The maximum absolute atomic E-state index is 12.8. The minimum Gasteiger partial charge on any atom is -0.382 e. The standard InChI is InChI=1S/C20H29N3O3/c1-2-26-14-6-12-21-19(24)10-11-20(25)23-15-16-7-5-13-22(16)17-8-3-4-9-18(17)23/h3-4,8-9,16H,2,5-7,10-15H2,1H3,(H,21,24)/t16-/m0/s1. The van der Waals surface area contributed by atoms with Crippen molar-refractivity contribution in [3.05, 3.63) is 24.3 Å². The quantitative estimate of drug-likeness (QED) is 0.724. The first-order valence-corrected chi connectivity index (χ1v) is 9.71. The summed E-state index contributed by atoms with van der Waals surface area (Å²) < 4.78 is 5.24. The maximum atomic E-state index is 12.8. The lowest BCUT2D eigenvalue weighted by Crippen LogP contribution is -2.48. The fourth-order valence-electron chi connectivity index (χ4n) is 3.81. The lowest BCUT2D eigenvalue weighted by atomic mass is 10.1. The minimum absolute atomic E-state index is 0.0356. The topological polar surface area (TPSA) is 61.9 Å². The highest BCUT2D eigenvalue weighted by Crippen LogP contribution is 2.39. The number of rotatable bonds is 8. The van der Waals surface area contributed by atoms with E-state index in [1.165, 1.54) is 6.42 Å². The molecule has 6 nitrogen and oxygen atoms in total. The molecular formula is C20H29N3O3. The SMILES string of the molecule is CCOCCCNC(=O)CCC(=O)N1C[C@@H]2CCCN2c2ccccc21. The van der Waals surface area contributed by atoms with Gasteiger partial charge in [-0.2, -0.15) is 0 Å². The molecule has 6 heteroatoms. The number of hydrogen-bond acceptors (Lipinski definition) is 4. The van der Waals surface area contributed by atoms with Gasteiger partial charge in [-0.05, 0) is 38.3 Å². The van der Waals surface area contributed by atoms with Crippen LogP contribution in [0.2, 0.25) is 0 Å². The fourth-order valence-corrected chi connectivity index (χ4v) is 3.81. The summed E-state index contributed by atoms with van der Waals surface area (Å²) in [5, 5.41) is 2.86. The number of amides is 2. The minimum atomic E-state index is -0.0670. The molecule has 142 valence electrons. The summed E-state index contributed by atoms with van der Waals surface area (Å²) in [4.78, 5) is 29.0. The zero-order valence-electron chi connectivity index (χ0n) is 15.6. The monoisotopic (exact) mass is 359 g/mol. The Balaban J connectivity index is 1.52. The number of fused-ring (bicyclic) bond motifs is 3. The van der Waals surface area contributed by atoms with Gasteiger partial charge in [0.25, 0.3) is 0 Å². The van der Waals surface area contributed by atoms with Gasteiger partial charge in [0.1, 0.15) is 0 Å². The van der Waals surface area contributed by atoms with Crippen molar-refractivity contribution in [2.24, 2.45) is 0 Å². The zero-order chi connectivity index (χ0) is 18.4. The molecule has 0 radical (unpaired) electrons. The number of hydrogen-bond donors (Lipinski definition) is 1. The number of ether oxygens (including phenoxy) is 1. The van der Waals surface area contributed by atoms with Crippen LogP contribution in [0.25, 0.3) is 0 Å². The molecule has 2 aliphatic heterocycles. The van der Waals surface area contributed by atoms with Crippen molar-refractivity contribution in [2.45, 2.75) is 45.1 Å². The molecule has 0 bridgehead atoms. The first kappa shape index (κ1) is 18.7. The van der Waals surface area contributed by atoms with E-state index in [1.54, 1.807) is 0 Å². The van der Waals surface area contributed by atoms with E-state index >= 15 is 0 Å². The third kappa shape index (κ3) is 4.36. The molecule has 26 heavy (non-hydrogen) atoms. The molecule has 0 unspecified atom stereocenters. The van der Waals surface area contributed by atoms with Gasteiger partial charge < -0.3 is 19.9 Å². The maximum Gasteiger partial charge on any atom is 0.227 e. The highest BCUT2D eigenvalue weighted by atomic mass is 16.5. The van der Waals surface area contributed by atoms with Gasteiger partial charge in [0, 0.05) is 51.7 Å². The number of anilines is 2. The molecule has 0 saturated carbocycles. The Bertz CT molecular complexity index is 634. The van der Waals surface area contributed by atoms with Crippen LogP contribution in [-0.2, 0) is 14.3 Å². The van der Waals surface area contributed by atoms with E-state index < -0.39 is 0 Å². The van der Waals surface area contributed by atoms with Crippen molar-refractivity contribution in [1.82, 2.24) is 5.32 Å². The highest BCUT2D eigenvalue weighted by molar-refractivity contribution is 5.99. The average Bonchev–Trinajstić information content (AvgIpc) is 3.14. The summed E-state index contributed by atoms with van der Waals surface area (Å²) in [5.41, 5.74) is 2.13. The molecular weight excluding hydrogens is 330 g/mol. The van der Waals surface area contributed by atoms with Crippen LogP contribution in [0.3, 0.4) is 0 Å². The van der Waals surface area contributed by atoms with Crippen molar-refractivity contribution in [1.29, 1.82) is 0 Å². The van der Waals surface area contributed by atoms with Gasteiger partial charge in [0.15, 0.2) is 0 Å². The molecule has 1 aromatic carbocycles. The van der Waals surface area contributed by atoms with Gasteiger partial charge in [-0.25, -0.2) is 0 Å². The van der Waals surface area contributed by atoms with Crippen LogP contribution in [0.4, 0.5) is 11.4 Å². The van der Waals surface area contributed by atoms with Gasteiger partial charge >= 0.3 is 0 Å². The van der Waals surface area contributed by atoms with Gasteiger partial charge in [-0.3, -0.25) is 9.59 Å². The summed E-state index contributed by atoms with van der Waals surface area (Å²) in [5.74, 6) is -0.0314. The van der Waals surface area contributed by atoms with E-state index in [2.05, 4.69) is 16.3 Å². The molecule has 0 aromatic heterocycles. The van der Waals surface area contributed by atoms with Crippen molar-refractivity contribution in [3.8, 4) is 0 Å². The summed E-state index contributed by atoms with van der Waals surface area (Å²) >= 11 is 0. The normalized spacial score (nSPS) is 18.4. The number of nitrogens with zero attached hydrogens (tertiary/aromatic N) is 2. The molecule has 1 aromatic rings. The molecule has 1 saturated heterocycles. The summed E-state index contributed by atoms with van der Waals surface area (Å²) in [6.07, 6.45) is 3.58. The zero-order valence-corrected chi connectivity index (χ0v) is 15.6. The van der Waals surface area contributed by atoms with Crippen LogP contribution in [0.5, 0.6) is 0 Å². The van der Waals surface area contributed by atoms with E-state index in [1.807, 2.05) is 30.0 Å². The second-order valence-electron chi connectivity index (χ2n) is 6.88. The van der Waals surface area contributed by atoms with Gasteiger partial charge in [0.05, 0.1) is 11.4 Å². The molecule has 2 heterocycles. The molecule has 1 N–H and O–H groups in total. The lowest BCUT2D eigenvalue weighted by molar-refractivity contribution is -0.125.